The number of nitrogens with one attached hydrogen (secondary N) is 1. The molecule has 0 bridgehead atoms. The molecule has 0 spiro atoms. The second-order valence-electron chi connectivity index (χ2n) is 10.6. The van der Waals surface area contributed by atoms with Gasteiger partial charge >= 0.3 is 6.09 Å². The molecule has 4 rings (SSSR count). The maximum atomic E-state index is 14.6. The monoisotopic (exact) mass is 505 g/mol. The highest BCUT2D eigenvalue weighted by Crippen LogP contribution is 2.35. The van der Waals surface area contributed by atoms with Crippen LogP contribution < -0.4 is 5.32 Å². The summed E-state index contributed by atoms with van der Waals surface area (Å²) in [6, 6.07) is 2.42. The quantitative estimate of drug-likeness (QED) is 0.687. The molecule has 0 unspecified atom stereocenters. The van der Waals surface area contributed by atoms with Crippen molar-refractivity contribution in [1.29, 1.82) is 0 Å². The Kier molecular flexibility index (Phi) is 7.07. The van der Waals surface area contributed by atoms with Gasteiger partial charge < -0.3 is 24.3 Å². The van der Waals surface area contributed by atoms with E-state index < -0.39 is 35.5 Å². The molecular formula is C25H33F2N5O4. The molecule has 1 N–H and O–H groups in total. The Morgan fingerprint density at radius 2 is 1.94 bits per heavy atom. The van der Waals surface area contributed by atoms with Gasteiger partial charge in [0.15, 0.2) is 5.82 Å². The van der Waals surface area contributed by atoms with Crippen molar-refractivity contribution >= 4 is 12.0 Å². The van der Waals surface area contributed by atoms with Gasteiger partial charge in [0.25, 0.3) is 5.91 Å². The third-order valence-electron chi connectivity index (χ3n) is 6.44. The van der Waals surface area contributed by atoms with Crippen LogP contribution >= 0.6 is 0 Å². The highest BCUT2D eigenvalue weighted by Gasteiger charge is 2.40. The molecule has 1 aromatic carbocycles. The van der Waals surface area contributed by atoms with Gasteiger partial charge in [-0.1, -0.05) is 0 Å². The molecule has 0 radical (unpaired) electrons. The molecule has 2 aliphatic rings. The highest BCUT2D eigenvalue weighted by atomic mass is 19.1. The third kappa shape index (κ3) is 5.36. The van der Waals surface area contributed by atoms with Gasteiger partial charge in [0.1, 0.15) is 23.3 Å². The van der Waals surface area contributed by atoms with Gasteiger partial charge in [0.2, 0.25) is 0 Å². The van der Waals surface area contributed by atoms with E-state index in [4.69, 9.17) is 9.47 Å². The van der Waals surface area contributed by atoms with Crippen molar-refractivity contribution in [3.63, 3.8) is 0 Å². The summed E-state index contributed by atoms with van der Waals surface area (Å²) in [6.07, 6.45) is -1.11. The van der Waals surface area contributed by atoms with Crippen LogP contribution in [0.15, 0.2) is 18.2 Å². The predicted molar refractivity (Wildman–Crippen MR) is 127 cm³/mol. The number of halogens is 2. The van der Waals surface area contributed by atoms with E-state index in [1.54, 1.807) is 34.9 Å². The molecule has 3 heterocycles. The number of carbonyl (C=O) groups is 2. The van der Waals surface area contributed by atoms with Crippen molar-refractivity contribution in [1.82, 2.24) is 24.7 Å². The van der Waals surface area contributed by atoms with Crippen molar-refractivity contribution in [2.24, 2.45) is 7.05 Å². The second-order valence-corrected chi connectivity index (χ2v) is 10.6. The van der Waals surface area contributed by atoms with Gasteiger partial charge in [-0.25, -0.2) is 18.6 Å². The molecule has 0 aliphatic carbocycles. The van der Waals surface area contributed by atoms with Crippen LogP contribution in [0.25, 0.3) is 0 Å². The zero-order valence-electron chi connectivity index (χ0n) is 21.5. The van der Waals surface area contributed by atoms with Crippen molar-refractivity contribution < 1.29 is 27.8 Å². The van der Waals surface area contributed by atoms with Crippen LogP contribution in [0, 0.1) is 11.6 Å². The van der Waals surface area contributed by atoms with Crippen LogP contribution in [0.2, 0.25) is 0 Å². The minimum atomic E-state index is -0.878. The molecule has 3 atom stereocenters. The number of amides is 2. The molecular weight excluding hydrogens is 472 g/mol. The normalized spacial score (nSPS) is 22.3. The number of nitrogens with zero attached hydrogens (tertiary/aromatic N) is 4. The average Bonchev–Trinajstić information content (AvgIpc) is 3.33. The summed E-state index contributed by atoms with van der Waals surface area (Å²) in [7, 11) is 5.19. The minimum Gasteiger partial charge on any atom is -0.444 e. The van der Waals surface area contributed by atoms with Gasteiger partial charge in [0, 0.05) is 45.8 Å². The van der Waals surface area contributed by atoms with Crippen LogP contribution in [-0.4, -0.2) is 69.7 Å². The Morgan fingerprint density at radius 1 is 1.22 bits per heavy atom. The number of carbonyl (C=O) groups excluding carboxylic acids is 2. The Balaban J connectivity index is 1.53. The molecule has 1 fully saturated rings. The fourth-order valence-electron chi connectivity index (χ4n) is 4.71. The van der Waals surface area contributed by atoms with E-state index in [9.17, 15) is 18.4 Å². The number of hydrogen-bond donors (Lipinski definition) is 1. The number of fused-ring (bicyclic) bond motifs is 1. The van der Waals surface area contributed by atoms with Crippen LogP contribution in [0.4, 0.5) is 13.6 Å². The van der Waals surface area contributed by atoms with Gasteiger partial charge in [-0.3, -0.25) is 9.69 Å². The summed E-state index contributed by atoms with van der Waals surface area (Å²) in [6.45, 7) is 6.56. The lowest BCUT2D eigenvalue weighted by Crippen LogP contribution is -2.52. The standard InChI is InChI=1S/C25H33F2N5O4/c1-25(2,3)36-24(34)29-18-10-15(13-35-21(18)16-9-14(26)7-8-17(16)27)32-11-19-20(12-32)31(6)22(28-19)23(33)30(4)5/h7-9,15,18,21H,10-13H2,1-6H3,(H,29,34)/t15-,18+,21-/m1/s1. The molecule has 0 saturated carbocycles. The Labute approximate surface area is 209 Å². The smallest absolute Gasteiger partial charge is 0.407 e. The molecule has 2 aliphatic heterocycles. The van der Waals surface area contributed by atoms with Crippen molar-refractivity contribution in [3.05, 3.63) is 52.6 Å². The van der Waals surface area contributed by atoms with Crippen molar-refractivity contribution in [3.8, 4) is 0 Å². The first-order chi connectivity index (χ1) is 16.8. The molecule has 2 aromatic rings. The molecule has 1 aromatic heterocycles. The first kappa shape index (κ1) is 26.0. The summed E-state index contributed by atoms with van der Waals surface area (Å²) < 4.78 is 41.9. The topological polar surface area (TPSA) is 88.9 Å². The van der Waals surface area contributed by atoms with Crippen LogP contribution in [0.3, 0.4) is 0 Å². The molecule has 11 heteroatoms. The van der Waals surface area contributed by atoms with Crippen LogP contribution in [-0.2, 0) is 29.6 Å². The molecule has 196 valence electrons. The van der Waals surface area contributed by atoms with E-state index >= 15 is 0 Å². The van der Waals surface area contributed by atoms with Gasteiger partial charge in [0.05, 0.1) is 24.0 Å². The van der Waals surface area contributed by atoms with Crippen LogP contribution in [0.5, 0.6) is 0 Å². The van der Waals surface area contributed by atoms with Gasteiger partial charge in [-0.05, 0) is 45.4 Å². The van der Waals surface area contributed by atoms with E-state index in [0.29, 0.717) is 25.3 Å². The van der Waals surface area contributed by atoms with E-state index in [0.717, 1.165) is 29.6 Å². The Hall–Kier alpha value is -3.05. The maximum absolute atomic E-state index is 14.6. The second kappa shape index (κ2) is 9.78. The minimum absolute atomic E-state index is 0.0488. The summed E-state index contributed by atoms with van der Waals surface area (Å²) >= 11 is 0. The summed E-state index contributed by atoms with van der Waals surface area (Å²) in [5, 5.41) is 2.81. The average molecular weight is 506 g/mol. The molecule has 36 heavy (non-hydrogen) atoms. The largest absolute Gasteiger partial charge is 0.444 e. The van der Waals surface area contributed by atoms with Gasteiger partial charge in [-0.2, -0.15) is 0 Å². The predicted octanol–water partition coefficient (Wildman–Crippen LogP) is 3.14. The van der Waals surface area contributed by atoms with E-state index in [1.807, 2.05) is 11.6 Å². The molecule has 1 saturated heterocycles. The number of hydrogen-bond acceptors (Lipinski definition) is 6. The highest BCUT2D eigenvalue weighted by molar-refractivity contribution is 5.90. The summed E-state index contributed by atoms with van der Waals surface area (Å²) in [5.74, 6) is -0.972. The fourth-order valence-corrected chi connectivity index (χ4v) is 4.71. The number of imidazole rings is 1. The first-order valence-corrected chi connectivity index (χ1v) is 11.9. The van der Waals surface area contributed by atoms with E-state index in [1.165, 1.54) is 4.90 Å². The zero-order valence-corrected chi connectivity index (χ0v) is 21.5. The summed E-state index contributed by atoms with van der Waals surface area (Å²) in [4.78, 5) is 33.2. The van der Waals surface area contributed by atoms with E-state index in [-0.39, 0.29) is 24.1 Å². The third-order valence-corrected chi connectivity index (χ3v) is 6.44. The first-order valence-electron chi connectivity index (χ1n) is 11.9. The molecule has 9 nitrogen and oxygen atoms in total. The maximum Gasteiger partial charge on any atom is 0.407 e. The lowest BCUT2D eigenvalue weighted by atomic mass is 9.92. The Morgan fingerprint density at radius 3 is 2.58 bits per heavy atom. The van der Waals surface area contributed by atoms with E-state index in [2.05, 4.69) is 15.2 Å². The van der Waals surface area contributed by atoms with Crippen molar-refractivity contribution in [2.75, 3.05) is 20.7 Å². The number of benzene rings is 1. The number of alkyl carbamates (subject to hydrolysis) is 1. The van der Waals surface area contributed by atoms with Crippen molar-refractivity contribution in [2.45, 2.75) is 64.1 Å². The van der Waals surface area contributed by atoms with Gasteiger partial charge in [-0.15, -0.1) is 0 Å². The number of aromatic nitrogens is 2. The lowest BCUT2D eigenvalue weighted by Gasteiger charge is -2.40. The van der Waals surface area contributed by atoms with Crippen LogP contribution in [0.1, 0.15) is 60.9 Å². The SMILES string of the molecule is CN(C)C(=O)c1nc2c(n1C)CN([C@H]1CO[C@H](c3cc(F)ccc3F)[C@@H](NC(=O)OC(C)(C)C)C1)C2. The fraction of sp³-hybridized carbons (Fsp3) is 0.560. The number of rotatable bonds is 4. The lowest BCUT2D eigenvalue weighted by molar-refractivity contribution is -0.0630. The molecule has 2 amide bonds. The number of ether oxygens (including phenoxy) is 2. The zero-order chi connectivity index (χ0) is 26.4. The summed E-state index contributed by atoms with van der Waals surface area (Å²) in [5.41, 5.74) is 1.09. The Bertz CT molecular complexity index is 1160.